The van der Waals surface area contributed by atoms with E-state index in [1.165, 1.54) is 30.0 Å². The van der Waals surface area contributed by atoms with Crippen molar-refractivity contribution in [3.05, 3.63) is 42.1 Å². The third kappa shape index (κ3) is 5.16. The molecule has 1 aromatic heterocycles. The number of carbonyl (C=O) groups excluding carboxylic acids is 1. The number of sulfonamides is 1. The van der Waals surface area contributed by atoms with E-state index in [-0.39, 0.29) is 16.2 Å². The number of nitrogens with one attached hydrogen (secondary N) is 1. The van der Waals surface area contributed by atoms with Crippen LogP contribution in [0.4, 0.5) is 11.5 Å². The van der Waals surface area contributed by atoms with Crippen molar-refractivity contribution in [1.29, 1.82) is 0 Å². The topological polar surface area (TPSA) is 91.8 Å². The van der Waals surface area contributed by atoms with Crippen LogP contribution >= 0.6 is 0 Å². The number of hydrogen-bond acceptors (Lipinski definition) is 6. The van der Waals surface area contributed by atoms with Crippen LogP contribution in [-0.2, 0) is 10.0 Å². The number of benzene rings is 1. The second-order valence-corrected chi connectivity index (χ2v) is 9.27. The Morgan fingerprint density at radius 3 is 2.42 bits per heavy atom. The number of carbonyl (C=O) groups is 1. The normalized spacial score (nSPS) is 14.5. The standard InChI is InChI=1S/C22H30N4O4S/c1-4-26(5-2)31(28,29)20-15-17(9-11-19(20)30-3)22(27)24-18-10-12-21(23-16-18)25-13-7-6-8-14-25/h9-12,15-16H,4-8,13-14H2,1-3H3,(H,24,27). The Morgan fingerprint density at radius 2 is 1.84 bits per heavy atom. The Balaban J connectivity index is 1.80. The average molecular weight is 447 g/mol. The third-order valence-corrected chi connectivity index (χ3v) is 7.51. The van der Waals surface area contributed by atoms with E-state index < -0.39 is 15.9 Å². The molecule has 0 atom stereocenters. The minimum absolute atomic E-state index is 0.0232. The molecule has 1 aromatic carbocycles. The third-order valence-electron chi connectivity index (χ3n) is 5.43. The number of methoxy groups -OCH3 is 1. The molecule has 0 unspecified atom stereocenters. The van der Waals surface area contributed by atoms with E-state index in [2.05, 4.69) is 15.2 Å². The fraction of sp³-hybridized carbons (Fsp3) is 0.455. The Labute approximate surface area is 184 Å². The summed E-state index contributed by atoms with van der Waals surface area (Å²) in [6, 6.07) is 8.11. The van der Waals surface area contributed by atoms with Gasteiger partial charge in [0.05, 0.1) is 19.0 Å². The zero-order valence-corrected chi connectivity index (χ0v) is 19.1. The van der Waals surface area contributed by atoms with Crippen LogP contribution in [0.5, 0.6) is 5.75 Å². The fourth-order valence-electron chi connectivity index (χ4n) is 3.70. The van der Waals surface area contributed by atoms with E-state index >= 15 is 0 Å². The van der Waals surface area contributed by atoms with Crippen molar-refractivity contribution in [3.63, 3.8) is 0 Å². The van der Waals surface area contributed by atoms with Gasteiger partial charge in [-0.05, 0) is 49.6 Å². The van der Waals surface area contributed by atoms with Crippen molar-refractivity contribution in [2.45, 2.75) is 38.0 Å². The van der Waals surface area contributed by atoms with Gasteiger partial charge in [0.1, 0.15) is 16.5 Å². The molecular weight excluding hydrogens is 416 g/mol. The SMILES string of the molecule is CCN(CC)S(=O)(=O)c1cc(C(=O)Nc2ccc(N3CCCCC3)nc2)ccc1OC. The Bertz CT molecular complexity index is 999. The maximum Gasteiger partial charge on any atom is 0.255 e. The molecule has 0 aliphatic carbocycles. The largest absolute Gasteiger partial charge is 0.495 e. The number of hydrogen-bond donors (Lipinski definition) is 1. The molecule has 1 N–H and O–H groups in total. The molecule has 168 valence electrons. The first kappa shape index (κ1) is 23.0. The van der Waals surface area contributed by atoms with Gasteiger partial charge in [0.15, 0.2) is 0 Å². The fourth-order valence-corrected chi connectivity index (χ4v) is 5.33. The summed E-state index contributed by atoms with van der Waals surface area (Å²) in [5.41, 5.74) is 0.779. The Hall–Kier alpha value is -2.65. The molecule has 1 fully saturated rings. The summed E-state index contributed by atoms with van der Waals surface area (Å²) in [6.45, 7) is 6.18. The molecule has 0 saturated carbocycles. The first-order valence-electron chi connectivity index (χ1n) is 10.6. The minimum Gasteiger partial charge on any atom is -0.495 e. The minimum atomic E-state index is -3.78. The van der Waals surface area contributed by atoms with Crippen LogP contribution in [-0.4, -0.2) is 56.9 Å². The number of rotatable bonds is 8. The van der Waals surface area contributed by atoms with Crippen molar-refractivity contribution in [3.8, 4) is 5.75 Å². The molecule has 0 bridgehead atoms. The number of nitrogens with zero attached hydrogens (tertiary/aromatic N) is 3. The highest BCUT2D eigenvalue weighted by Crippen LogP contribution is 2.28. The molecule has 1 aliphatic heterocycles. The molecule has 31 heavy (non-hydrogen) atoms. The lowest BCUT2D eigenvalue weighted by atomic mass is 10.1. The summed E-state index contributed by atoms with van der Waals surface area (Å²) >= 11 is 0. The maximum atomic E-state index is 13.0. The van der Waals surface area contributed by atoms with Crippen LogP contribution in [0.25, 0.3) is 0 Å². The van der Waals surface area contributed by atoms with Crippen LogP contribution < -0.4 is 15.0 Å². The number of ether oxygens (including phenoxy) is 1. The lowest BCUT2D eigenvalue weighted by Gasteiger charge is -2.27. The van der Waals surface area contributed by atoms with Crippen molar-refractivity contribution < 1.29 is 17.9 Å². The molecule has 0 spiro atoms. The zero-order chi connectivity index (χ0) is 22.4. The van der Waals surface area contributed by atoms with Crippen LogP contribution in [0.15, 0.2) is 41.4 Å². The summed E-state index contributed by atoms with van der Waals surface area (Å²) in [4.78, 5) is 19.5. The van der Waals surface area contributed by atoms with Gasteiger partial charge in [0.25, 0.3) is 5.91 Å². The zero-order valence-electron chi connectivity index (χ0n) is 18.3. The van der Waals surface area contributed by atoms with Gasteiger partial charge >= 0.3 is 0 Å². The van der Waals surface area contributed by atoms with Crippen LogP contribution in [0.3, 0.4) is 0 Å². The highest BCUT2D eigenvalue weighted by molar-refractivity contribution is 7.89. The summed E-state index contributed by atoms with van der Waals surface area (Å²) in [5.74, 6) is 0.692. The van der Waals surface area contributed by atoms with E-state index in [0.717, 1.165) is 31.7 Å². The quantitative estimate of drug-likeness (QED) is 0.669. The summed E-state index contributed by atoms with van der Waals surface area (Å²) < 4.78 is 32.6. The second kappa shape index (κ2) is 10.1. The van der Waals surface area contributed by atoms with E-state index in [1.54, 1.807) is 26.1 Å². The number of pyridine rings is 1. The van der Waals surface area contributed by atoms with Gasteiger partial charge in [-0.15, -0.1) is 0 Å². The summed E-state index contributed by atoms with van der Waals surface area (Å²) in [7, 11) is -2.37. The molecule has 1 aliphatic rings. The number of piperidine rings is 1. The first-order valence-corrected chi connectivity index (χ1v) is 12.0. The van der Waals surface area contributed by atoms with Gasteiger partial charge < -0.3 is 15.0 Å². The van der Waals surface area contributed by atoms with Crippen LogP contribution in [0, 0.1) is 0 Å². The highest BCUT2D eigenvalue weighted by atomic mass is 32.2. The first-order chi connectivity index (χ1) is 14.9. The van der Waals surface area contributed by atoms with Crippen molar-refractivity contribution in [2.24, 2.45) is 0 Å². The van der Waals surface area contributed by atoms with Crippen LogP contribution in [0.2, 0.25) is 0 Å². The second-order valence-electron chi connectivity index (χ2n) is 7.36. The molecule has 1 amide bonds. The highest BCUT2D eigenvalue weighted by Gasteiger charge is 2.27. The van der Waals surface area contributed by atoms with Crippen molar-refractivity contribution in [1.82, 2.24) is 9.29 Å². The lowest BCUT2D eigenvalue weighted by Crippen LogP contribution is -2.31. The molecule has 2 aromatic rings. The van der Waals surface area contributed by atoms with E-state index in [9.17, 15) is 13.2 Å². The Kier molecular flexibility index (Phi) is 7.50. The van der Waals surface area contributed by atoms with Gasteiger partial charge in [-0.1, -0.05) is 13.8 Å². The molecule has 0 radical (unpaired) electrons. The molecule has 3 rings (SSSR count). The molecule has 1 saturated heterocycles. The predicted molar refractivity (Wildman–Crippen MR) is 121 cm³/mol. The summed E-state index contributed by atoms with van der Waals surface area (Å²) in [5, 5.41) is 2.79. The van der Waals surface area contributed by atoms with Crippen LogP contribution in [0.1, 0.15) is 43.5 Å². The number of amides is 1. The van der Waals surface area contributed by atoms with E-state index in [0.29, 0.717) is 18.8 Å². The van der Waals surface area contributed by atoms with Gasteiger partial charge in [0, 0.05) is 31.7 Å². The van der Waals surface area contributed by atoms with E-state index in [4.69, 9.17) is 4.74 Å². The van der Waals surface area contributed by atoms with Gasteiger partial charge in [-0.25, -0.2) is 13.4 Å². The molecule has 9 heteroatoms. The van der Waals surface area contributed by atoms with Gasteiger partial charge in [0.2, 0.25) is 10.0 Å². The lowest BCUT2D eigenvalue weighted by molar-refractivity contribution is 0.102. The molecule has 8 nitrogen and oxygen atoms in total. The monoisotopic (exact) mass is 446 g/mol. The molecule has 2 heterocycles. The Morgan fingerprint density at radius 1 is 1.13 bits per heavy atom. The molecular formula is C22H30N4O4S. The average Bonchev–Trinajstić information content (AvgIpc) is 2.80. The van der Waals surface area contributed by atoms with Crippen molar-refractivity contribution >= 4 is 27.4 Å². The van der Waals surface area contributed by atoms with Gasteiger partial charge in [-0.3, -0.25) is 4.79 Å². The van der Waals surface area contributed by atoms with Crippen molar-refractivity contribution in [2.75, 3.05) is 43.5 Å². The maximum absolute atomic E-state index is 13.0. The number of aromatic nitrogens is 1. The van der Waals surface area contributed by atoms with Gasteiger partial charge in [-0.2, -0.15) is 4.31 Å². The number of anilines is 2. The smallest absolute Gasteiger partial charge is 0.255 e. The van der Waals surface area contributed by atoms with E-state index in [1.807, 2.05) is 12.1 Å². The predicted octanol–water partition coefficient (Wildman–Crippen LogP) is 3.36. The summed E-state index contributed by atoms with van der Waals surface area (Å²) in [6.07, 6.45) is 5.20.